The molecule has 0 heterocycles. The van der Waals surface area contributed by atoms with Crippen molar-refractivity contribution in [3.05, 3.63) is 22.9 Å². The summed E-state index contributed by atoms with van der Waals surface area (Å²) in [5.41, 5.74) is 2.57. The first-order valence-electron chi connectivity index (χ1n) is 4.75. The van der Waals surface area contributed by atoms with E-state index in [2.05, 4.69) is 5.32 Å². The van der Waals surface area contributed by atoms with E-state index in [4.69, 9.17) is 0 Å². The topological polar surface area (TPSA) is 46.2 Å². The van der Waals surface area contributed by atoms with Gasteiger partial charge in [-0.1, -0.05) is 0 Å². The molecule has 0 aromatic heterocycles. The third-order valence-electron chi connectivity index (χ3n) is 2.23. The molecule has 0 atom stereocenters. The van der Waals surface area contributed by atoms with Crippen LogP contribution in [0.1, 0.15) is 27.2 Å². The lowest BCUT2D eigenvalue weighted by Gasteiger charge is -2.16. The second kappa shape index (κ2) is 4.22. The van der Waals surface area contributed by atoms with E-state index in [-0.39, 0.29) is 11.6 Å². The zero-order valence-electron chi connectivity index (χ0n) is 8.81. The Bertz CT molecular complexity index is 337. The van der Waals surface area contributed by atoms with Crippen molar-refractivity contribution in [3.63, 3.8) is 0 Å². The number of rotatable bonds is 3. The fourth-order valence-electron chi connectivity index (χ4n) is 1.44. The molecule has 14 heavy (non-hydrogen) atoms. The van der Waals surface area contributed by atoms with Gasteiger partial charge in [-0.05, 0) is 32.4 Å². The van der Waals surface area contributed by atoms with Gasteiger partial charge in [-0.2, -0.15) is 0 Å². The van der Waals surface area contributed by atoms with E-state index in [1.165, 1.54) is 0 Å². The molecule has 0 aromatic carbocycles. The van der Waals surface area contributed by atoms with Gasteiger partial charge in [0.25, 0.3) is 0 Å². The Kier molecular flexibility index (Phi) is 3.23. The van der Waals surface area contributed by atoms with Crippen molar-refractivity contribution in [2.75, 3.05) is 6.54 Å². The molecule has 1 rings (SSSR count). The smallest absolute Gasteiger partial charge is 0.225 e. The Morgan fingerprint density at radius 3 is 2.50 bits per heavy atom. The number of carbonyl (C=O) groups excluding carboxylic acids is 2. The predicted octanol–water partition coefficient (Wildman–Crippen LogP) is 1.36. The quantitative estimate of drug-likeness (QED) is 0.543. The summed E-state index contributed by atoms with van der Waals surface area (Å²) < 4.78 is 0. The van der Waals surface area contributed by atoms with Crippen molar-refractivity contribution in [1.82, 2.24) is 5.32 Å². The molecule has 0 saturated heterocycles. The summed E-state index contributed by atoms with van der Waals surface area (Å²) in [4.78, 5) is 21.8. The predicted molar refractivity (Wildman–Crippen MR) is 54.8 cm³/mol. The fraction of sp³-hybridized carbons (Fsp3) is 0.455. The van der Waals surface area contributed by atoms with E-state index in [0.29, 0.717) is 12.0 Å². The lowest BCUT2D eigenvalue weighted by molar-refractivity contribution is -0.138. The van der Waals surface area contributed by atoms with Crippen molar-refractivity contribution in [2.45, 2.75) is 27.2 Å². The van der Waals surface area contributed by atoms with E-state index in [0.717, 1.165) is 17.8 Å². The molecule has 3 heteroatoms. The number of carbonyl (C=O) groups is 2. The third kappa shape index (κ3) is 2.10. The van der Waals surface area contributed by atoms with Gasteiger partial charge in [0.1, 0.15) is 0 Å². The van der Waals surface area contributed by atoms with Crippen LogP contribution in [0.2, 0.25) is 0 Å². The van der Waals surface area contributed by atoms with Crippen LogP contribution in [0.25, 0.3) is 0 Å². The average Bonchev–Trinajstić information content (AvgIpc) is 2.13. The Labute approximate surface area is 83.9 Å². The Balaban J connectivity index is 2.75. The highest BCUT2D eigenvalue weighted by Gasteiger charge is 2.32. The molecular weight excluding hydrogens is 178 g/mol. The highest BCUT2D eigenvalue weighted by molar-refractivity contribution is 6.52. The van der Waals surface area contributed by atoms with Crippen LogP contribution in [-0.4, -0.2) is 18.1 Å². The first-order valence-corrected chi connectivity index (χ1v) is 4.75. The van der Waals surface area contributed by atoms with Gasteiger partial charge in [0.2, 0.25) is 11.6 Å². The standard InChI is InChI=1S/C11H15NO2/c1-4-12-8(3)5-7(2)9-6-10(13)11(9)14/h5,12H,4,6H2,1-3H3. The van der Waals surface area contributed by atoms with E-state index < -0.39 is 0 Å². The van der Waals surface area contributed by atoms with E-state index in [9.17, 15) is 9.59 Å². The second-order valence-electron chi connectivity index (χ2n) is 3.45. The zero-order chi connectivity index (χ0) is 10.7. The molecule has 0 spiro atoms. The summed E-state index contributed by atoms with van der Waals surface area (Å²) in [7, 11) is 0. The van der Waals surface area contributed by atoms with Crippen LogP contribution >= 0.6 is 0 Å². The summed E-state index contributed by atoms with van der Waals surface area (Å²) in [6.45, 7) is 6.68. The van der Waals surface area contributed by atoms with Crippen LogP contribution in [0.5, 0.6) is 0 Å². The number of ketones is 2. The highest BCUT2D eigenvalue weighted by Crippen LogP contribution is 2.22. The Morgan fingerprint density at radius 2 is 2.07 bits per heavy atom. The van der Waals surface area contributed by atoms with Crippen LogP contribution < -0.4 is 5.32 Å². The molecule has 0 aliphatic heterocycles. The molecular formula is C11H15NO2. The molecule has 3 nitrogen and oxygen atoms in total. The molecule has 1 fully saturated rings. The Morgan fingerprint density at radius 1 is 1.43 bits per heavy atom. The van der Waals surface area contributed by atoms with Crippen LogP contribution in [-0.2, 0) is 9.59 Å². The lowest BCUT2D eigenvalue weighted by Crippen LogP contribution is -2.29. The lowest BCUT2D eigenvalue weighted by atomic mass is 9.85. The molecule has 0 aromatic rings. The second-order valence-corrected chi connectivity index (χ2v) is 3.45. The number of allylic oxidation sites excluding steroid dienone is 4. The Hall–Kier alpha value is -1.38. The van der Waals surface area contributed by atoms with Gasteiger partial charge in [0, 0.05) is 24.2 Å². The van der Waals surface area contributed by atoms with E-state index >= 15 is 0 Å². The maximum absolute atomic E-state index is 11.1. The monoisotopic (exact) mass is 193 g/mol. The maximum Gasteiger partial charge on any atom is 0.225 e. The van der Waals surface area contributed by atoms with Crippen molar-refractivity contribution in [1.29, 1.82) is 0 Å². The van der Waals surface area contributed by atoms with Crippen LogP contribution in [0.4, 0.5) is 0 Å². The van der Waals surface area contributed by atoms with E-state index in [1.807, 2.05) is 26.8 Å². The van der Waals surface area contributed by atoms with Gasteiger partial charge in [-0.25, -0.2) is 0 Å². The highest BCUT2D eigenvalue weighted by atomic mass is 16.2. The summed E-state index contributed by atoms with van der Waals surface area (Å²) in [6, 6.07) is 0. The normalized spacial score (nSPS) is 20.6. The number of nitrogens with one attached hydrogen (secondary N) is 1. The van der Waals surface area contributed by atoms with Gasteiger partial charge >= 0.3 is 0 Å². The molecule has 0 unspecified atom stereocenters. The molecule has 1 aliphatic rings. The molecule has 1 saturated carbocycles. The third-order valence-corrected chi connectivity index (χ3v) is 2.23. The van der Waals surface area contributed by atoms with Gasteiger partial charge in [0.15, 0.2) is 0 Å². The minimum atomic E-state index is -0.317. The van der Waals surface area contributed by atoms with Gasteiger partial charge < -0.3 is 5.32 Å². The van der Waals surface area contributed by atoms with Gasteiger partial charge in [-0.3, -0.25) is 9.59 Å². The number of hydrogen-bond acceptors (Lipinski definition) is 3. The minimum Gasteiger partial charge on any atom is -0.389 e. The molecule has 76 valence electrons. The average molecular weight is 193 g/mol. The number of hydrogen-bond donors (Lipinski definition) is 1. The van der Waals surface area contributed by atoms with Gasteiger partial charge in [0.05, 0.1) is 0 Å². The summed E-state index contributed by atoms with van der Waals surface area (Å²) in [6.07, 6.45) is 2.21. The molecule has 0 radical (unpaired) electrons. The molecule has 0 amide bonds. The summed E-state index contributed by atoms with van der Waals surface area (Å²) in [5.74, 6) is -0.586. The summed E-state index contributed by atoms with van der Waals surface area (Å²) >= 11 is 0. The van der Waals surface area contributed by atoms with Crippen molar-refractivity contribution in [3.8, 4) is 0 Å². The largest absolute Gasteiger partial charge is 0.389 e. The summed E-state index contributed by atoms with van der Waals surface area (Å²) in [5, 5.41) is 3.14. The fourth-order valence-corrected chi connectivity index (χ4v) is 1.44. The first kappa shape index (κ1) is 10.7. The van der Waals surface area contributed by atoms with Crippen molar-refractivity contribution < 1.29 is 9.59 Å². The van der Waals surface area contributed by atoms with Gasteiger partial charge in [-0.15, -0.1) is 0 Å². The van der Waals surface area contributed by atoms with E-state index in [1.54, 1.807) is 0 Å². The molecule has 1 aliphatic carbocycles. The SMILES string of the molecule is CCNC(C)=CC(C)=C1CC(=O)C1=O. The van der Waals surface area contributed by atoms with Crippen LogP contribution in [0.15, 0.2) is 22.9 Å². The minimum absolute atomic E-state index is 0.270. The van der Waals surface area contributed by atoms with Crippen molar-refractivity contribution >= 4 is 11.6 Å². The maximum atomic E-state index is 11.1. The van der Waals surface area contributed by atoms with Crippen LogP contribution in [0.3, 0.4) is 0 Å². The zero-order valence-corrected chi connectivity index (χ0v) is 8.81. The molecule has 1 N–H and O–H groups in total. The van der Waals surface area contributed by atoms with Crippen LogP contribution in [0, 0.1) is 0 Å². The number of Topliss-reactive ketones (excluding diaryl/α,β-unsaturated/α-hetero) is 2. The first-order chi connectivity index (χ1) is 6.56. The molecule has 0 bridgehead atoms. The van der Waals surface area contributed by atoms with Crippen molar-refractivity contribution in [2.24, 2.45) is 0 Å².